The number of carbonyl (C=O) groups is 4. The summed E-state index contributed by atoms with van der Waals surface area (Å²) in [6.07, 6.45) is 0.0671. The molecule has 0 bridgehead atoms. The molecule has 0 aromatic heterocycles. The van der Waals surface area contributed by atoms with Gasteiger partial charge in [-0.1, -0.05) is 36.4 Å². The number of carboxylic acids is 2. The van der Waals surface area contributed by atoms with Gasteiger partial charge in [0.2, 0.25) is 11.8 Å². The second-order valence-electron chi connectivity index (χ2n) is 12.1. The van der Waals surface area contributed by atoms with Crippen molar-refractivity contribution in [2.45, 2.75) is 55.9 Å². The number of nitrogens with zero attached hydrogens (tertiary/aromatic N) is 1. The first-order valence-electron chi connectivity index (χ1n) is 15.5. The lowest BCUT2D eigenvalue weighted by Gasteiger charge is -2.48. The van der Waals surface area contributed by atoms with Crippen molar-refractivity contribution >= 4 is 29.4 Å². The third-order valence-electron chi connectivity index (χ3n) is 8.77. The van der Waals surface area contributed by atoms with Crippen LogP contribution in [0.1, 0.15) is 54.5 Å². The molecule has 254 valence electrons. The molecule has 48 heavy (non-hydrogen) atoms. The molecule has 3 aromatic carbocycles. The number of aliphatic hydroxyl groups is 1. The summed E-state index contributed by atoms with van der Waals surface area (Å²) in [4.78, 5) is 49.4. The van der Waals surface area contributed by atoms with Gasteiger partial charge in [0, 0.05) is 5.69 Å². The SMILES string of the molecule is O=C(O)CC(NC(=O)COC1(CCc2ccc(C3[C@@H](CCC(O)c4ccc(F)cc4)C(=O)N3c3ccc(F)cc3)cc2)COC1)C(=O)O. The average molecular weight is 667 g/mol. The van der Waals surface area contributed by atoms with E-state index >= 15 is 0 Å². The summed E-state index contributed by atoms with van der Waals surface area (Å²) in [6, 6.07) is 17.0. The molecular weight excluding hydrogens is 630 g/mol. The number of carbonyl (C=O) groups excluding carboxylic acids is 2. The molecule has 0 spiro atoms. The van der Waals surface area contributed by atoms with Crippen LogP contribution in [-0.4, -0.2) is 70.5 Å². The number of aryl methyl sites for hydroxylation is 1. The van der Waals surface area contributed by atoms with Crippen molar-refractivity contribution in [3.63, 3.8) is 0 Å². The molecule has 11 nitrogen and oxygen atoms in total. The van der Waals surface area contributed by atoms with Gasteiger partial charge in [-0.15, -0.1) is 0 Å². The van der Waals surface area contributed by atoms with Crippen molar-refractivity contribution in [2.24, 2.45) is 5.92 Å². The summed E-state index contributed by atoms with van der Waals surface area (Å²) < 4.78 is 38.2. The van der Waals surface area contributed by atoms with Crippen LogP contribution in [0.2, 0.25) is 0 Å². The molecule has 0 saturated carbocycles. The number of carboxylic acid groups (broad SMARTS) is 2. The number of halogens is 2. The highest BCUT2D eigenvalue weighted by Crippen LogP contribution is 2.46. The normalized spacial score (nSPS) is 19.5. The molecule has 2 heterocycles. The molecular formula is C35H36F2N2O9. The molecule has 2 amide bonds. The number of hydrogen-bond donors (Lipinski definition) is 4. The molecule has 13 heteroatoms. The van der Waals surface area contributed by atoms with E-state index in [4.69, 9.17) is 19.7 Å². The third-order valence-corrected chi connectivity index (χ3v) is 8.77. The fourth-order valence-corrected chi connectivity index (χ4v) is 6.00. The summed E-state index contributed by atoms with van der Waals surface area (Å²) in [7, 11) is 0. The Morgan fingerprint density at radius 1 is 0.958 bits per heavy atom. The van der Waals surface area contributed by atoms with E-state index in [2.05, 4.69) is 5.32 Å². The van der Waals surface area contributed by atoms with Crippen LogP contribution in [0, 0.1) is 17.6 Å². The molecule has 3 aromatic rings. The Morgan fingerprint density at radius 2 is 1.58 bits per heavy atom. The van der Waals surface area contributed by atoms with Gasteiger partial charge < -0.3 is 35.0 Å². The highest BCUT2D eigenvalue weighted by molar-refractivity contribution is 6.03. The van der Waals surface area contributed by atoms with Crippen LogP contribution >= 0.6 is 0 Å². The van der Waals surface area contributed by atoms with Crippen molar-refractivity contribution in [1.82, 2.24) is 5.32 Å². The molecule has 2 fully saturated rings. The van der Waals surface area contributed by atoms with Gasteiger partial charge in [0.15, 0.2) is 0 Å². The highest BCUT2D eigenvalue weighted by atomic mass is 19.1. The summed E-state index contributed by atoms with van der Waals surface area (Å²) in [6.45, 7) is 0.00804. The Bertz CT molecular complexity index is 1610. The molecule has 2 saturated heterocycles. The van der Waals surface area contributed by atoms with Crippen LogP contribution in [0.3, 0.4) is 0 Å². The zero-order chi connectivity index (χ0) is 34.4. The molecule has 4 N–H and O–H groups in total. The van der Waals surface area contributed by atoms with E-state index in [-0.39, 0.29) is 31.6 Å². The third kappa shape index (κ3) is 8.22. The minimum absolute atomic E-state index is 0.146. The smallest absolute Gasteiger partial charge is 0.326 e. The minimum atomic E-state index is -1.57. The molecule has 0 radical (unpaired) electrons. The zero-order valence-corrected chi connectivity index (χ0v) is 25.9. The molecule has 0 aliphatic carbocycles. The first-order valence-corrected chi connectivity index (χ1v) is 15.5. The van der Waals surface area contributed by atoms with E-state index in [1.54, 1.807) is 17.0 Å². The molecule has 2 aliphatic rings. The minimum Gasteiger partial charge on any atom is -0.481 e. The predicted octanol–water partition coefficient (Wildman–Crippen LogP) is 3.95. The number of benzene rings is 3. The Morgan fingerprint density at radius 3 is 2.15 bits per heavy atom. The summed E-state index contributed by atoms with van der Waals surface area (Å²) in [5.74, 6) is -4.99. The number of rotatable bonds is 16. The van der Waals surface area contributed by atoms with Gasteiger partial charge in [-0.3, -0.25) is 14.4 Å². The Labute approximate surface area is 275 Å². The van der Waals surface area contributed by atoms with Gasteiger partial charge in [0.1, 0.15) is 29.9 Å². The number of nitrogens with one attached hydrogen (secondary N) is 1. The van der Waals surface area contributed by atoms with Crippen LogP contribution in [0.4, 0.5) is 14.5 Å². The van der Waals surface area contributed by atoms with E-state index in [1.807, 2.05) is 24.3 Å². The maximum Gasteiger partial charge on any atom is 0.326 e. The second-order valence-corrected chi connectivity index (χ2v) is 12.1. The van der Waals surface area contributed by atoms with Crippen molar-refractivity contribution in [3.05, 3.63) is 101 Å². The largest absolute Gasteiger partial charge is 0.481 e. The Kier molecular flexibility index (Phi) is 10.8. The molecule has 4 atom stereocenters. The lowest BCUT2D eigenvalue weighted by molar-refractivity contribution is -0.212. The maximum atomic E-state index is 13.7. The van der Waals surface area contributed by atoms with Gasteiger partial charge in [0.05, 0.1) is 37.7 Å². The number of aliphatic carboxylic acids is 2. The Balaban J connectivity index is 1.22. The van der Waals surface area contributed by atoms with Crippen LogP contribution in [0.15, 0.2) is 72.8 Å². The summed E-state index contributed by atoms with van der Waals surface area (Å²) >= 11 is 0. The Hall–Kier alpha value is -4.72. The molecule has 3 unspecified atom stereocenters. The molecule has 5 rings (SSSR count). The van der Waals surface area contributed by atoms with E-state index in [0.29, 0.717) is 30.5 Å². The topological polar surface area (TPSA) is 163 Å². The van der Waals surface area contributed by atoms with Gasteiger partial charge in [-0.2, -0.15) is 0 Å². The zero-order valence-electron chi connectivity index (χ0n) is 25.9. The van der Waals surface area contributed by atoms with Gasteiger partial charge >= 0.3 is 11.9 Å². The number of ether oxygens (including phenoxy) is 2. The fourth-order valence-electron chi connectivity index (χ4n) is 6.00. The van der Waals surface area contributed by atoms with Crippen LogP contribution in [-0.2, 0) is 35.1 Å². The van der Waals surface area contributed by atoms with E-state index in [1.165, 1.54) is 36.4 Å². The van der Waals surface area contributed by atoms with Gasteiger partial charge in [-0.25, -0.2) is 13.6 Å². The number of anilines is 1. The predicted molar refractivity (Wildman–Crippen MR) is 167 cm³/mol. The van der Waals surface area contributed by atoms with Gasteiger partial charge in [0.25, 0.3) is 0 Å². The van der Waals surface area contributed by atoms with Crippen LogP contribution in [0.5, 0.6) is 0 Å². The van der Waals surface area contributed by atoms with Crippen molar-refractivity contribution < 1.29 is 52.8 Å². The maximum absolute atomic E-state index is 13.7. The number of aliphatic hydroxyl groups excluding tert-OH is 1. The summed E-state index contributed by atoms with van der Waals surface area (Å²) in [5, 5.41) is 30.9. The summed E-state index contributed by atoms with van der Waals surface area (Å²) in [5.41, 5.74) is 2.15. The lowest BCUT2D eigenvalue weighted by atomic mass is 9.78. The highest BCUT2D eigenvalue weighted by Gasteiger charge is 2.48. The first kappa shape index (κ1) is 34.6. The fraction of sp³-hybridized carbons (Fsp3) is 0.371. The standard InChI is InChI=1S/C35H36F2N2O9/c36-24-7-5-22(6-8-24)29(40)14-13-27-32(39(33(27)44)26-11-9-25(37)10-12-26)23-3-1-21(2-4-23)15-16-35(19-47-20-35)48-18-30(41)38-28(34(45)46)17-31(42)43/h1-12,27-29,32,40H,13-20H2,(H,38,41)(H,42,43)(H,45,46)/t27-,28?,29?,32?/m1/s1. The van der Waals surface area contributed by atoms with Crippen molar-refractivity contribution in [3.8, 4) is 0 Å². The van der Waals surface area contributed by atoms with Crippen LogP contribution in [0.25, 0.3) is 0 Å². The lowest BCUT2D eigenvalue weighted by Crippen LogP contribution is -2.55. The quantitative estimate of drug-likeness (QED) is 0.166. The number of β-lactam (4-membered cyclic amide) rings is 1. The monoisotopic (exact) mass is 666 g/mol. The number of amides is 2. The van der Waals surface area contributed by atoms with E-state index in [0.717, 1.165) is 11.1 Å². The van der Waals surface area contributed by atoms with Crippen molar-refractivity contribution in [1.29, 1.82) is 0 Å². The molecule has 2 aliphatic heterocycles. The van der Waals surface area contributed by atoms with Gasteiger partial charge in [-0.05, 0) is 78.8 Å². The van der Waals surface area contributed by atoms with E-state index in [9.17, 15) is 33.1 Å². The van der Waals surface area contributed by atoms with Crippen molar-refractivity contribution in [2.75, 3.05) is 24.7 Å². The first-order chi connectivity index (χ1) is 22.9. The average Bonchev–Trinajstić information content (AvgIpc) is 3.04. The van der Waals surface area contributed by atoms with Crippen LogP contribution < -0.4 is 10.2 Å². The second kappa shape index (κ2) is 15.0. The number of hydrogen-bond acceptors (Lipinski definition) is 7. The van der Waals surface area contributed by atoms with E-state index < -0.39 is 66.2 Å².